The van der Waals surface area contributed by atoms with Crippen molar-refractivity contribution >= 4 is 38.9 Å². The molecule has 28 heavy (non-hydrogen) atoms. The number of carbonyl (C=O) groups excluding carboxylic acids is 1. The predicted molar refractivity (Wildman–Crippen MR) is 112 cm³/mol. The summed E-state index contributed by atoms with van der Waals surface area (Å²) in [7, 11) is -3.91. The molecule has 1 amide bonds. The Morgan fingerprint density at radius 3 is 2.43 bits per heavy atom. The number of hydrogen-bond acceptors (Lipinski definition) is 4. The van der Waals surface area contributed by atoms with E-state index >= 15 is 0 Å². The van der Waals surface area contributed by atoms with Crippen LogP contribution in [0, 0.1) is 0 Å². The molecule has 1 fully saturated rings. The van der Waals surface area contributed by atoms with E-state index in [-0.39, 0.29) is 6.42 Å². The number of nitrogens with zero attached hydrogens (tertiary/aromatic N) is 1. The summed E-state index contributed by atoms with van der Waals surface area (Å²) in [5.74, 6) is 0.140. The third kappa shape index (κ3) is 3.82. The van der Waals surface area contributed by atoms with Gasteiger partial charge < -0.3 is 10.1 Å². The van der Waals surface area contributed by atoms with Crippen molar-refractivity contribution in [1.29, 1.82) is 0 Å². The number of sulfonamides is 1. The Bertz CT molecular complexity index is 945. The second-order valence-electron chi connectivity index (χ2n) is 6.80. The smallest absolute Gasteiger partial charge is 0.249 e. The summed E-state index contributed by atoms with van der Waals surface area (Å²) < 4.78 is 31.7. The fraction of sp³-hybridized carbons (Fsp3) is 0.350. The topological polar surface area (TPSA) is 75.7 Å². The summed E-state index contributed by atoms with van der Waals surface area (Å²) >= 11 is 5.91. The number of amides is 1. The number of anilines is 2. The fourth-order valence-corrected chi connectivity index (χ4v) is 5.29. The highest BCUT2D eigenvalue weighted by molar-refractivity contribution is 7.95. The number of nitrogens with one attached hydrogen (secondary N) is 1. The average molecular weight is 423 g/mol. The van der Waals surface area contributed by atoms with Crippen LogP contribution in [0.15, 0.2) is 48.5 Å². The van der Waals surface area contributed by atoms with Gasteiger partial charge >= 0.3 is 0 Å². The first-order chi connectivity index (χ1) is 13.3. The van der Waals surface area contributed by atoms with Gasteiger partial charge in [0.25, 0.3) is 0 Å². The van der Waals surface area contributed by atoms with Crippen LogP contribution in [0.2, 0.25) is 5.02 Å². The lowest BCUT2D eigenvalue weighted by Gasteiger charge is -2.39. The van der Waals surface area contributed by atoms with Crippen LogP contribution in [-0.4, -0.2) is 32.2 Å². The maximum atomic E-state index is 13.3. The Kier molecular flexibility index (Phi) is 5.86. The number of ether oxygens (including phenoxy) is 1. The van der Waals surface area contributed by atoms with Crippen LogP contribution in [0.4, 0.5) is 11.4 Å². The lowest BCUT2D eigenvalue weighted by Crippen LogP contribution is -2.57. The van der Waals surface area contributed by atoms with E-state index in [0.717, 1.165) is 0 Å². The minimum absolute atomic E-state index is 0.252. The van der Waals surface area contributed by atoms with Gasteiger partial charge in [-0.15, -0.1) is 0 Å². The molecule has 1 N–H and O–H groups in total. The van der Waals surface area contributed by atoms with Gasteiger partial charge in [0.1, 0.15) is 5.75 Å². The first-order valence-electron chi connectivity index (χ1n) is 9.10. The first kappa shape index (κ1) is 20.5. The lowest BCUT2D eigenvalue weighted by molar-refractivity contribution is -0.118. The Balaban J connectivity index is 1.84. The van der Waals surface area contributed by atoms with Gasteiger partial charge in [0.2, 0.25) is 15.9 Å². The Labute approximate surface area is 170 Å². The molecular weight excluding hydrogens is 400 g/mol. The number of rotatable bonds is 5. The van der Waals surface area contributed by atoms with Gasteiger partial charge in [0, 0.05) is 17.3 Å². The van der Waals surface area contributed by atoms with Crippen molar-refractivity contribution < 1.29 is 17.9 Å². The molecule has 0 unspecified atom stereocenters. The zero-order valence-electron chi connectivity index (χ0n) is 15.8. The number of hydrogen-bond donors (Lipinski definition) is 1. The van der Waals surface area contributed by atoms with E-state index in [1.165, 1.54) is 11.2 Å². The van der Waals surface area contributed by atoms with Crippen LogP contribution < -0.4 is 14.4 Å². The fourth-order valence-electron chi connectivity index (χ4n) is 3.22. The highest BCUT2D eigenvalue weighted by atomic mass is 35.5. The monoisotopic (exact) mass is 422 g/mol. The molecule has 1 heterocycles. The van der Waals surface area contributed by atoms with Gasteiger partial charge in [-0.3, -0.25) is 9.10 Å². The molecule has 0 aliphatic carbocycles. The molecule has 0 spiro atoms. The first-order valence-corrected chi connectivity index (χ1v) is 10.9. The standard InChI is InChI=1S/C20H23ClN2O4S/c1-3-27-18-11-7-16(8-12-18)22-19(24)20(2)13-4-14-23(28(20,25)26)17-9-5-15(21)6-10-17/h5-12H,3-4,13-14H2,1-2H3,(H,22,24)/t20-/m0/s1. The van der Waals surface area contributed by atoms with Crippen molar-refractivity contribution in [2.75, 3.05) is 22.8 Å². The summed E-state index contributed by atoms with van der Waals surface area (Å²) in [5.41, 5.74) is 1.03. The second-order valence-corrected chi connectivity index (χ2v) is 9.53. The van der Waals surface area contributed by atoms with Gasteiger partial charge in [0.05, 0.1) is 12.3 Å². The molecule has 2 aromatic carbocycles. The summed E-state index contributed by atoms with van der Waals surface area (Å²) in [6, 6.07) is 13.4. The molecular formula is C20H23ClN2O4S. The van der Waals surface area contributed by atoms with Crippen molar-refractivity contribution in [3.63, 3.8) is 0 Å². The highest BCUT2D eigenvalue weighted by Crippen LogP contribution is 2.36. The molecule has 1 saturated heterocycles. The van der Waals surface area contributed by atoms with Crippen molar-refractivity contribution in [3.05, 3.63) is 53.6 Å². The van der Waals surface area contributed by atoms with Crippen LogP contribution in [0.5, 0.6) is 5.75 Å². The van der Waals surface area contributed by atoms with E-state index in [0.29, 0.717) is 41.7 Å². The van der Waals surface area contributed by atoms with Gasteiger partial charge in [0.15, 0.2) is 4.75 Å². The van der Waals surface area contributed by atoms with E-state index < -0.39 is 20.7 Å². The summed E-state index contributed by atoms with van der Waals surface area (Å²) in [6.45, 7) is 4.24. The zero-order valence-corrected chi connectivity index (χ0v) is 17.4. The van der Waals surface area contributed by atoms with Crippen molar-refractivity contribution in [3.8, 4) is 5.75 Å². The van der Waals surface area contributed by atoms with E-state index in [4.69, 9.17) is 16.3 Å². The quantitative estimate of drug-likeness (QED) is 0.788. The van der Waals surface area contributed by atoms with Crippen LogP contribution in [0.25, 0.3) is 0 Å². The van der Waals surface area contributed by atoms with E-state index in [1.807, 2.05) is 6.92 Å². The molecule has 6 nitrogen and oxygen atoms in total. The predicted octanol–water partition coefficient (Wildman–Crippen LogP) is 4.07. The molecule has 2 aromatic rings. The number of halogens is 1. The Morgan fingerprint density at radius 1 is 1.18 bits per heavy atom. The van der Waals surface area contributed by atoms with E-state index in [2.05, 4.69) is 5.32 Å². The summed E-state index contributed by atoms with van der Waals surface area (Å²) in [4.78, 5) is 13.0. The molecule has 1 atom stereocenters. The van der Waals surface area contributed by atoms with Crippen LogP contribution >= 0.6 is 11.6 Å². The molecule has 3 rings (SSSR count). The van der Waals surface area contributed by atoms with Gasteiger partial charge in [-0.25, -0.2) is 8.42 Å². The third-order valence-corrected chi connectivity index (χ3v) is 7.65. The molecule has 1 aliphatic heterocycles. The SMILES string of the molecule is CCOc1ccc(NC(=O)[C@]2(C)CCCN(c3ccc(Cl)cc3)S2(=O)=O)cc1. The Hall–Kier alpha value is -2.25. The summed E-state index contributed by atoms with van der Waals surface area (Å²) in [6.07, 6.45) is 0.831. The molecule has 0 aromatic heterocycles. The van der Waals surface area contributed by atoms with Crippen LogP contribution in [-0.2, 0) is 14.8 Å². The third-order valence-electron chi connectivity index (χ3n) is 4.89. The molecule has 0 bridgehead atoms. The average Bonchev–Trinajstić information content (AvgIpc) is 2.66. The highest BCUT2D eigenvalue weighted by Gasteiger charge is 2.51. The van der Waals surface area contributed by atoms with Crippen molar-refractivity contribution in [1.82, 2.24) is 0 Å². The number of benzene rings is 2. The molecule has 8 heteroatoms. The lowest BCUT2D eigenvalue weighted by atomic mass is 10.0. The van der Waals surface area contributed by atoms with Crippen LogP contribution in [0.1, 0.15) is 26.7 Å². The van der Waals surface area contributed by atoms with Gasteiger partial charge in [-0.05, 0) is 75.2 Å². The largest absolute Gasteiger partial charge is 0.494 e. The van der Waals surface area contributed by atoms with Crippen molar-refractivity contribution in [2.45, 2.75) is 31.4 Å². The second kappa shape index (κ2) is 8.01. The van der Waals surface area contributed by atoms with Crippen LogP contribution in [0.3, 0.4) is 0 Å². The Morgan fingerprint density at radius 2 is 1.82 bits per heavy atom. The zero-order chi connectivity index (χ0) is 20.4. The maximum absolute atomic E-state index is 13.3. The number of carbonyl (C=O) groups is 1. The minimum atomic E-state index is -3.91. The molecule has 0 saturated carbocycles. The molecule has 0 radical (unpaired) electrons. The van der Waals surface area contributed by atoms with E-state index in [9.17, 15) is 13.2 Å². The van der Waals surface area contributed by atoms with Gasteiger partial charge in [-0.2, -0.15) is 0 Å². The van der Waals surface area contributed by atoms with Crippen molar-refractivity contribution in [2.24, 2.45) is 0 Å². The molecule has 150 valence electrons. The van der Waals surface area contributed by atoms with E-state index in [1.54, 1.807) is 48.5 Å². The minimum Gasteiger partial charge on any atom is -0.494 e. The maximum Gasteiger partial charge on any atom is 0.249 e. The van der Waals surface area contributed by atoms with Gasteiger partial charge in [-0.1, -0.05) is 11.6 Å². The summed E-state index contributed by atoms with van der Waals surface area (Å²) in [5, 5.41) is 3.26. The molecule has 1 aliphatic rings. The normalized spacial score (nSPS) is 21.2.